The highest BCUT2D eigenvalue weighted by molar-refractivity contribution is 6.83. The van der Waals surface area contributed by atoms with Gasteiger partial charge < -0.3 is 4.74 Å². The molecular formula is C23H32OSi. The molecule has 0 atom stereocenters. The van der Waals surface area contributed by atoms with Gasteiger partial charge in [-0.3, -0.25) is 0 Å². The molecule has 1 aromatic carbocycles. The summed E-state index contributed by atoms with van der Waals surface area (Å²) in [5, 5.41) is 0. The van der Waals surface area contributed by atoms with Crippen LogP contribution >= 0.6 is 0 Å². The van der Waals surface area contributed by atoms with Crippen molar-refractivity contribution in [2.45, 2.75) is 66.1 Å². The number of methoxy groups -OCH3 is 1. The van der Waals surface area contributed by atoms with Crippen molar-refractivity contribution in [1.29, 1.82) is 0 Å². The van der Waals surface area contributed by atoms with Crippen LogP contribution in [0.1, 0.15) is 56.7 Å². The number of benzene rings is 1. The lowest BCUT2D eigenvalue weighted by Crippen LogP contribution is -2.16. The van der Waals surface area contributed by atoms with Crippen LogP contribution in [0, 0.1) is 11.5 Å². The molecule has 0 unspecified atom stereocenters. The van der Waals surface area contributed by atoms with Crippen molar-refractivity contribution in [3.05, 3.63) is 46.0 Å². The monoisotopic (exact) mass is 352 g/mol. The molecule has 1 aliphatic rings. The fourth-order valence-corrected chi connectivity index (χ4v) is 3.71. The van der Waals surface area contributed by atoms with Crippen molar-refractivity contribution in [1.82, 2.24) is 0 Å². The van der Waals surface area contributed by atoms with Crippen molar-refractivity contribution >= 4 is 13.6 Å². The summed E-state index contributed by atoms with van der Waals surface area (Å²) in [4.78, 5) is 0. The second-order valence-corrected chi connectivity index (χ2v) is 13.1. The zero-order valence-corrected chi connectivity index (χ0v) is 18.1. The van der Waals surface area contributed by atoms with Crippen LogP contribution in [-0.2, 0) is 6.42 Å². The van der Waals surface area contributed by atoms with Gasteiger partial charge in [0.15, 0.2) is 0 Å². The molecule has 0 bridgehead atoms. The first-order valence-corrected chi connectivity index (χ1v) is 12.8. The zero-order valence-electron chi connectivity index (χ0n) is 17.1. The van der Waals surface area contributed by atoms with E-state index in [9.17, 15) is 0 Å². The average Bonchev–Trinajstić information content (AvgIpc) is 2.56. The molecule has 0 saturated carbocycles. The zero-order chi connectivity index (χ0) is 18.8. The number of aryl methyl sites for hydroxylation is 1. The SMILES string of the molecule is COc1cc2c(cc1C(C)C)CCC=C2/C(C)=C(\C)C#C[Si](C)(C)C. The van der Waals surface area contributed by atoms with E-state index in [0.29, 0.717) is 5.92 Å². The lowest BCUT2D eigenvalue weighted by molar-refractivity contribution is 0.407. The van der Waals surface area contributed by atoms with E-state index in [4.69, 9.17) is 4.74 Å². The summed E-state index contributed by atoms with van der Waals surface area (Å²) in [6.45, 7) is 15.7. The fourth-order valence-electron chi connectivity index (χ4n) is 3.14. The lowest BCUT2D eigenvalue weighted by atomic mass is 9.83. The van der Waals surface area contributed by atoms with Crippen LogP contribution < -0.4 is 4.74 Å². The smallest absolute Gasteiger partial charge is 0.129 e. The topological polar surface area (TPSA) is 9.23 Å². The Bertz CT molecular complexity index is 777. The van der Waals surface area contributed by atoms with Gasteiger partial charge in [-0.2, -0.15) is 0 Å². The highest BCUT2D eigenvalue weighted by Crippen LogP contribution is 2.38. The number of hydrogen-bond acceptors (Lipinski definition) is 1. The Labute approximate surface area is 155 Å². The van der Waals surface area contributed by atoms with Crippen LogP contribution in [0.4, 0.5) is 0 Å². The Kier molecular flexibility index (Phi) is 6.01. The van der Waals surface area contributed by atoms with E-state index >= 15 is 0 Å². The molecule has 1 aromatic rings. The summed E-state index contributed by atoms with van der Waals surface area (Å²) in [7, 11) is 0.414. The van der Waals surface area contributed by atoms with Gasteiger partial charge in [0, 0.05) is 5.57 Å². The minimum absolute atomic E-state index is 0.468. The van der Waals surface area contributed by atoms with E-state index in [-0.39, 0.29) is 0 Å². The third-order valence-corrected chi connectivity index (χ3v) is 5.60. The van der Waals surface area contributed by atoms with E-state index in [1.807, 2.05) is 0 Å². The van der Waals surface area contributed by atoms with Crippen molar-refractivity contribution in [3.8, 4) is 17.2 Å². The van der Waals surface area contributed by atoms with Crippen molar-refractivity contribution in [3.63, 3.8) is 0 Å². The molecule has 0 aliphatic heterocycles. The van der Waals surface area contributed by atoms with Crippen LogP contribution in [0.25, 0.3) is 5.57 Å². The van der Waals surface area contributed by atoms with Gasteiger partial charge in [-0.05, 0) is 66.5 Å². The van der Waals surface area contributed by atoms with E-state index in [1.165, 1.54) is 33.4 Å². The van der Waals surface area contributed by atoms with Crippen LogP contribution in [0.2, 0.25) is 19.6 Å². The number of ether oxygens (including phenoxy) is 1. The van der Waals surface area contributed by atoms with Crippen molar-refractivity contribution in [2.75, 3.05) is 7.11 Å². The maximum absolute atomic E-state index is 5.69. The average molecular weight is 353 g/mol. The fraction of sp³-hybridized carbons (Fsp3) is 0.478. The molecule has 0 spiro atoms. The third-order valence-electron chi connectivity index (χ3n) is 4.72. The Morgan fingerprint density at radius 1 is 1.16 bits per heavy atom. The van der Waals surface area contributed by atoms with Crippen LogP contribution in [0.3, 0.4) is 0 Å². The number of fused-ring (bicyclic) bond motifs is 1. The minimum Gasteiger partial charge on any atom is -0.496 e. The molecule has 1 nitrogen and oxygen atoms in total. The van der Waals surface area contributed by atoms with Crippen molar-refractivity contribution < 1.29 is 4.74 Å². The van der Waals surface area contributed by atoms with Crippen LogP contribution in [-0.4, -0.2) is 15.2 Å². The molecule has 2 rings (SSSR count). The standard InChI is InChI=1S/C23H32OSi/c1-16(2)21-14-19-10-9-11-20(22(19)15-23(21)24-5)18(4)17(3)12-13-25(6,7)8/h11,14-16H,9-10H2,1-8H3/b18-17+. The van der Waals surface area contributed by atoms with Gasteiger partial charge in [0.2, 0.25) is 0 Å². The number of hydrogen-bond donors (Lipinski definition) is 0. The second kappa shape index (κ2) is 7.66. The molecule has 0 radical (unpaired) electrons. The summed E-state index contributed by atoms with van der Waals surface area (Å²) in [5.74, 6) is 4.90. The van der Waals surface area contributed by atoms with Crippen LogP contribution in [0.5, 0.6) is 5.75 Å². The maximum atomic E-state index is 5.69. The Morgan fingerprint density at radius 2 is 1.84 bits per heavy atom. The van der Waals surface area contributed by atoms with E-state index in [1.54, 1.807) is 7.11 Å². The Hall–Kier alpha value is -1.72. The first-order valence-electron chi connectivity index (χ1n) is 9.26. The quantitative estimate of drug-likeness (QED) is 0.454. The maximum Gasteiger partial charge on any atom is 0.129 e. The van der Waals surface area contributed by atoms with Gasteiger partial charge in [0.25, 0.3) is 0 Å². The van der Waals surface area contributed by atoms with Gasteiger partial charge in [0.05, 0.1) is 7.11 Å². The molecule has 0 amide bonds. The number of allylic oxidation sites excluding steroid dienone is 4. The molecule has 0 N–H and O–H groups in total. The molecular weight excluding hydrogens is 320 g/mol. The summed E-state index contributed by atoms with van der Waals surface area (Å²) in [6.07, 6.45) is 4.57. The summed E-state index contributed by atoms with van der Waals surface area (Å²) < 4.78 is 5.69. The predicted octanol–water partition coefficient (Wildman–Crippen LogP) is 6.37. The first kappa shape index (κ1) is 19.6. The summed E-state index contributed by atoms with van der Waals surface area (Å²) >= 11 is 0. The number of rotatable bonds is 3. The third kappa shape index (κ3) is 4.67. The Balaban J connectivity index is 2.53. The summed E-state index contributed by atoms with van der Waals surface area (Å²) in [6, 6.07) is 4.58. The van der Waals surface area contributed by atoms with Gasteiger partial charge in [0.1, 0.15) is 13.8 Å². The van der Waals surface area contributed by atoms with Gasteiger partial charge in [-0.25, -0.2) is 0 Å². The molecule has 134 valence electrons. The molecule has 2 heteroatoms. The van der Waals surface area contributed by atoms with E-state index in [0.717, 1.165) is 18.6 Å². The van der Waals surface area contributed by atoms with E-state index in [2.05, 4.69) is 77.0 Å². The van der Waals surface area contributed by atoms with E-state index < -0.39 is 8.07 Å². The largest absolute Gasteiger partial charge is 0.496 e. The minimum atomic E-state index is -1.36. The van der Waals surface area contributed by atoms with Crippen LogP contribution in [0.15, 0.2) is 29.4 Å². The highest BCUT2D eigenvalue weighted by atomic mass is 28.3. The molecule has 0 fully saturated rings. The molecule has 0 saturated heterocycles. The van der Waals surface area contributed by atoms with Gasteiger partial charge in [-0.1, -0.05) is 51.6 Å². The predicted molar refractivity (Wildman–Crippen MR) is 113 cm³/mol. The lowest BCUT2D eigenvalue weighted by Gasteiger charge is -2.23. The molecule has 1 aliphatic carbocycles. The molecule has 0 heterocycles. The molecule has 0 aromatic heterocycles. The Morgan fingerprint density at radius 3 is 2.40 bits per heavy atom. The van der Waals surface area contributed by atoms with Crippen molar-refractivity contribution in [2.24, 2.45) is 0 Å². The highest BCUT2D eigenvalue weighted by Gasteiger charge is 2.19. The van der Waals surface area contributed by atoms with Gasteiger partial charge in [-0.15, -0.1) is 5.54 Å². The second-order valence-electron chi connectivity index (χ2n) is 8.31. The molecule has 25 heavy (non-hydrogen) atoms. The first-order chi connectivity index (χ1) is 11.6. The summed E-state index contributed by atoms with van der Waals surface area (Å²) in [5.41, 5.74) is 11.4. The van der Waals surface area contributed by atoms with Gasteiger partial charge >= 0.3 is 0 Å². The normalized spacial score (nSPS) is 15.0.